The van der Waals surface area contributed by atoms with E-state index in [9.17, 15) is 14.4 Å². The van der Waals surface area contributed by atoms with Gasteiger partial charge in [0.25, 0.3) is 0 Å². The van der Waals surface area contributed by atoms with Crippen molar-refractivity contribution < 1.29 is 19.1 Å². The number of fused-ring (bicyclic) bond motifs is 1. The number of hydrogen-bond acceptors (Lipinski definition) is 5. The van der Waals surface area contributed by atoms with Crippen LogP contribution in [0.1, 0.15) is 36.8 Å². The smallest absolute Gasteiger partial charge is 0.407 e. The standard InChI is InChI=1S/C28H31BrN6O4/c1-17(2)24(32-27(37)39-3)26(36)35-16-34(28(38)33-13-19-6-4-5-7-20(19)14-33)15-23(35)25-30-12-22(31-25)18-8-10-21(29)11-9-18/h4-12,17,23-24H,13-16H2,1-3H3,(H,30,31)(H,32,37)/t23-,24?/m0/s1. The quantitative estimate of drug-likeness (QED) is 0.452. The normalized spacial score (nSPS) is 17.4. The molecule has 4 amide bonds. The van der Waals surface area contributed by atoms with Crippen LogP contribution in [-0.4, -0.2) is 69.1 Å². The maximum atomic E-state index is 13.9. The van der Waals surface area contributed by atoms with E-state index in [-0.39, 0.29) is 31.1 Å². The summed E-state index contributed by atoms with van der Waals surface area (Å²) in [6, 6.07) is 14.3. The molecule has 2 N–H and O–H groups in total. The van der Waals surface area contributed by atoms with Gasteiger partial charge in [0.2, 0.25) is 5.91 Å². The Hall–Kier alpha value is -3.86. The average molecular weight is 595 g/mol. The number of alkyl carbamates (subject to hydrolysis) is 1. The van der Waals surface area contributed by atoms with Gasteiger partial charge >= 0.3 is 12.1 Å². The van der Waals surface area contributed by atoms with Crippen LogP contribution in [0.5, 0.6) is 0 Å². The molecule has 1 saturated heterocycles. The zero-order valence-corrected chi connectivity index (χ0v) is 23.6. The first-order valence-electron chi connectivity index (χ1n) is 12.8. The number of aromatic nitrogens is 2. The molecule has 2 atom stereocenters. The van der Waals surface area contributed by atoms with Crippen molar-refractivity contribution in [2.75, 3.05) is 20.3 Å². The molecule has 0 spiro atoms. The van der Waals surface area contributed by atoms with E-state index in [0.29, 0.717) is 18.9 Å². The first-order valence-corrected chi connectivity index (χ1v) is 13.6. The SMILES string of the molecule is COC(=O)NC(C(=O)N1CN(C(=O)N2Cc3ccccc3C2)C[C@H]1c1nc(-c2ccc(Br)cc2)c[nH]1)C(C)C. The van der Waals surface area contributed by atoms with Gasteiger partial charge < -0.3 is 29.7 Å². The molecule has 0 bridgehead atoms. The van der Waals surface area contributed by atoms with Crippen molar-refractivity contribution >= 4 is 34.0 Å². The van der Waals surface area contributed by atoms with Crippen LogP contribution in [0.25, 0.3) is 11.3 Å². The molecule has 1 unspecified atom stereocenters. The van der Waals surface area contributed by atoms with Gasteiger partial charge in [-0.05, 0) is 29.2 Å². The van der Waals surface area contributed by atoms with Gasteiger partial charge in [0, 0.05) is 29.3 Å². The number of methoxy groups -OCH3 is 1. The highest BCUT2D eigenvalue weighted by Gasteiger charge is 2.43. The molecule has 39 heavy (non-hydrogen) atoms. The molecule has 11 heteroatoms. The summed E-state index contributed by atoms with van der Waals surface area (Å²) in [7, 11) is 1.26. The van der Waals surface area contributed by atoms with E-state index < -0.39 is 18.2 Å². The van der Waals surface area contributed by atoms with Crippen molar-refractivity contribution in [3.8, 4) is 11.3 Å². The Kier molecular flexibility index (Phi) is 7.60. The number of benzene rings is 2. The van der Waals surface area contributed by atoms with Gasteiger partial charge in [0.05, 0.1) is 26.0 Å². The van der Waals surface area contributed by atoms with Crippen molar-refractivity contribution in [2.24, 2.45) is 5.92 Å². The Bertz CT molecular complexity index is 1350. The minimum atomic E-state index is -0.827. The number of rotatable bonds is 5. The van der Waals surface area contributed by atoms with Gasteiger partial charge in [-0.25, -0.2) is 14.6 Å². The summed E-state index contributed by atoms with van der Waals surface area (Å²) in [6.07, 6.45) is 1.12. The highest BCUT2D eigenvalue weighted by Crippen LogP contribution is 2.32. The molecule has 5 rings (SSSR count). The highest BCUT2D eigenvalue weighted by atomic mass is 79.9. The number of carbonyl (C=O) groups is 3. The Labute approximate surface area is 235 Å². The Balaban J connectivity index is 1.42. The number of amides is 4. The van der Waals surface area contributed by atoms with Crippen LogP contribution >= 0.6 is 15.9 Å². The lowest BCUT2D eigenvalue weighted by Crippen LogP contribution is -2.52. The van der Waals surface area contributed by atoms with E-state index >= 15 is 0 Å². The molecule has 204 valence electrons. The monoisotopic (exact) mass is 594 g/mol. The van der Waals surface area contributed by atoms with E-state index in [1.807, 2.05) is 62.4 Å². The number of nitrogens with one attached hydrogen (secondary N) is 2. The predicted molar refractivity (Wildman–Crippen MR) is 148 cm³/mol. The van der Waals surface area contributed by atoms with Crippen LogP contribution in [0, 0.1) is 5.92 Å². The van der Waals surface area contributed by atoms with Crippen molar-refractivity contribution in [1.82, 2.24) is 30.0 Å². The lowest BCUT2D eigenvalue weighted by Gasteiger charge is -2.29. The topological polar surface area (TPSA) is 111 Å². The van der Waals surface area contributed by atoms with E-state index in [0.717, 1.165) is 26.9 Å². The van der Waals surface area contributed by atoms with Gasteiger partial charge in [-0.3, -0.25) is 4.79 Å². The number of carbonyl (C=O) groups excluding carboxylic acids is 3. The molecule has 0 saturated carbocycles. The predicted octanol–water partition coefficient (Wildman–Crippen LogP) is 4.50. The van der Waals surface area contributed by atoms with Crippen molar-refractivity contribution in [3.63, 3.8) is 0 Å². The number of halogens is 1. The molecular weight excluding hydrogens is 564 g/mol. The van der Waals surface area contributed by atoms with Crippen LogP contribution in [0.15, 0.2) is 59.2 Å². The zero-order chi connectivity index (χ0) is 27.7. The third-order valence-corrected chi connectivity index (χ3v) is 7.73. The van der Waals surface area contributed by atoms with E-state index in [1.165, 1.54) is 7.11 Å². The van der Waals surface area contributed by atoms with Gasteiger partial charge in [-0.2, -0.15) is 0 Å². The summed E-state index contributed by atoms with van der Waals surface area (Å²) >= 11 is 3.45. The number of nitrogens with zero attached hydrogens (tertiary/aromatic N) is 4. The summed E-state index contributed by atoms with van der Waals surface area (Å²) in [5, 5.41) is 2.66. The number of urea groups is 1. The zero-order valence-electron chi connectivity index (χ0n) is 22.1. The van der Waals surface area contributed by atoms with E-state index in [2.05, 4.69) is 26.2 Å². The summed E-state index contributed by atoms with van der Waals surface area (Å²) in [5.41, 5.74) is 3.91. The van der Waals surface area contributed by atoms with Gasteiger partial charge in [0.15, 0.2) is 0 Å². The fourth-order valence-corrected chi connectivity index (χ4v) is 5.33. The van der Waals surface area contributed by atoms with Crippen molar-refractivity contribution in [3.05, 3.63) is 76.2 Å². The van der Waals surface area contributed by atoms with E-state index in [4.69, 9.17) is 9.72 Å². The Morgan fingerprint density at radius 2 is 1.72 bits per heavy atom. The Morgan fingerprint density at radius 1 is 1.05 bits per heavy atom. The molecule has 3 heterocycles. The minimum Gasteiger partial charge on any atom is -0.453 e. The van der Waals surface area contributed by atoms with Crippen LogP contribution in [-0.2, 0) is 22.6 Å². The third kappa shape index (κ3) is 5.49. The number of ether oxygens (including phenoxy) is 1. The molecule has 1 aromatic heterocycles. The number of aromatic amines is 1. The summed E-state index contributed by atoms with van der Waals surface area (Å²) < 4.78 is 5.72. The molecule has 2 aromatic carbocycles. The second kappa shape index (κ2) is 11.1. The molecule has 1 fully saturated rings. The van der Waals surface area contributed by atoms with Gasteiger partial charge in [-0.15, -0.1) is 0 Å². The molecule has 2 aliphatic heterocycles. The van der Waals surface area contributed by atoms with Gasteiger partial charge in [-0.1, -0.05) is 66.2 Å². The first-order chi connectivity index (χ1) is 18.7. The summed E-state index contributed by atoms with van der Waals surface area (Å²) in [6.45, 7) is 5.11. The third-order valence-electron chi connectivity index (χ3n) is 7.20. The molecule has 10 nitrogen and oxygen atoms in total. The highest BCUT2D eigenvalue weighted by molar-refractivity contribution is 9.10. The maximum absolute atomic E-state index is 13.9. The van der Waals surface area contributed by atoms with E-state index in [1.54, 1.807) is 20.9 Å². The largest absolute Gasteiger partial charge is 0.453 e. The van der Waals surface area contributed by atoms with Crippen LogP contribution in [0.2, 0.25) is 0 Å². The van der Waals surface area contributed by atoms with Crippen molar-refractivity contribution in [1.29, 1.82) is 0 Å². The number of hydrogen-bond donors (Lipinski definition) is 2. The minimum absolute atomic E-state index is 0.0789. The fourth-order valence-electron chi connectivity index (χ4n) is 5.07. The second-order valence-corrected chi connectivity index (χ2v) is 11.0. The number of imidazole rings is 1. The fraction of sp³-hybridized carbons (Fsp3) is 0.357. The molecule has 3 aromatic rings. The Morgan fingerprint density at radius 3 is 2.33 bits per heavy atom. The molecule has 2 aliphatic rings. The first kappa shape index (κ1) is 26.7. The average Bonchev–Trinajstić information content (AvgIpc) is 3.69. The summed E-state index contributed by atoms with van der Waals surface area (Å²) in [4.78, 5) is 52.6. The van der Waals surface area contributed by atoms with Gasteiger partial charge in [0.1, 0.15) is 17.9 Å². The van der Waals surface area contributed by atoms with Crippen LogP contribution in [0.3, 0.4) is 0 Å². The maximum Gasteiger partial charge on any atom is 0.407 e. The second-order valence-electron chi connectivity index (χ2n) is 10.1. The molecular formula is C28H31BrN6O4. The molecule has 0 aliphatic carbocycles. The number of H-pyrrole nitrogens is 1. The summed E-state index contributed by atoms with van der Waals surface area (Å²) in [5.74, 6) is 0.0638. The van der Waals surface area contributed by atoms with Crippen molar-refractivity contribution in [2.45, 2.75) is 39.0 Å². The lowest BCUT2D eigenvalue weighted by molar-refractivity contribution is -0.135. The van der Waals surface area contributed by atoms with Crippen LogP contribution in [0.4, 0.5) is 9.59 Å². The lowest BCUT2D eigenvalue weighted by atomic mass is 10.0. The molecule has 0 radical (unpaired) electrons. The van der Waals surface area contributed by atoms with Crippen LogP contribution < -0.4 is 5.32 Å².